The fourth-order valence-corrected chi connectivity index (χ4v) is 2.41. The van der Waals surface area contributed by atoms with Gasteiger partial charge in [-0.3, -0.25) is 0 Å². The highest BCUT2D eigenvalue weighted by molar-refractivity contribution is 5.84. The zero-order valence-corrected chi connectivity index (χ0v) is 10.6. The lowest BCUT2D eigenvalue weighted by Crippen LogP contribution is -2.42. The number of carboxylic acid groups (broad SMARTS) is 1. The zero-order chi connectivity index (χ0) is 13.2. The van der Waals surface area contributed by atoms with Crippen LogP contribution in [0.5, 0.6) is 0 Å². The van der Waals surface area contributed by atoms with E-state index in [9.17, 15) is 9.90 Å². The highest BCUT2D eigenvalue weighted by atomic mass is 16.4. The maximum absolute atomic E-state index is 10.8. The molecule has 0 unspecified atom stereocenters. The smallest absolute Gasteiger partial charge is 0.371 e. The van der Waals surface area contributed by atoms with Crippen LogP contribution in [0.2, 0.25) is 0 Å². The fraction of sp³-hybridized carbons (Fsp3) is 0.615. The number of aliphatic hydroxyl groups is 1. The van der Waals surface area contributed by atoms with Crippen LogP contribution < -0.4 is 0 Å². The molecule has 1 aromatic rings. The summed E-state index contributed by atoms with van der Waals surface area (Å²) in [5.74, 6) is -0.848. The topological polar surface area (TPSA) is 73.9 Å². The van der Waals surface area contributed by atoms with Gasteiger partial charge in [-0.05, 0) is 37.9 Å². The Bertz CT molecular complexity index is 418. The number of furan rings is 1. The second-order valence-electron chi connectivity index (χ2n) is 4.84. The Balaban J connectivity index is 2.06. The van der Waals surface area contributed by atoms with E-state index in [-0.39, 0.29) is 5.76 Å². The van der Waals surface area contributed by atoms with Gasteiger partial charge >= 0.3 is 5.97 Å². The number of hydrogen-bond donors (Lipinski definition) is 2. The van der Waals surface area contributed by atoms with Crippen LogP contribution in [0.25, 0.3) is 0 Å². The first-order valence-corrected chi connectivity index (χ1v) is 6.33. The Morgan fingerprint density at radius 3 is 2.61 bits per heavy atom. The van der Waals surface area contributed by atoms with Gasteiger partial charge in [0.1, 0.15) is 11.4 Å². The Labute approximate surface area is 106 Å². The molecule has 5 nitrogen and oxygen atoms in total. The largest absolute Gasteiger partial charge is 0.475 e. The molecule has 0 bridgehead atoms. The molecule has 0 atom stereocenters. The molecule has 0 radical (unpaired) electrons. The first-order valence-electron chi connectivity index (χ1n) is 6.33. The van der Waals surface area contributed by atoms with Crippen LogP contribution in [0.1, 0.15) is 42.5 Å². The summed E-state index contributed by atoms with van der Waals surface area (Å²) in [5, 5.41) is 19.3. The number of piperidine rings is 1. The third-order valence-corrected chi connectivity index (χ3v) is 3.50. The van der Waals surface area contributed by atoms with Gasteiger partial charge in [-0.1, -0.05) is 6.92 Å². The van der Waals surface area contributed by atoms with Crippen molar-refractivity contribution >= 4 is 5.97 Å². The quantitative estimate of drug-likeness (QED) is 0.853. The number of nitrogens with zero attached hydrogens (tertiary/aromatic N) is 1. The molecule has 1 fully saturated rings. The van der Waals surface area contributed by atoms with Gasteiger partial charge in [-0.15, -0.1) is 0 Å². The van der Waals surface area contributed by atoms with Crippen LogP contribution in [0.15, 0.2) is 16.5 Å². The molecule has 0 aliphatic carbocycles. The normalized spacial score (nSPS) is 19.9. The van der Waals surface area contributed by atoms with Crippen LogP contribution >= 0.6 is 0 Å². The molecule has 0 saturated carbocycles. The van der Waals surface area contributed by atoms with E-state index in [4.69, 9.17) is 9.52 Å². The van der Waals surface area contributed by atoms with Crippen molar-refractivity contribution in [1.82, 2.24) is 4.90 Å². The molecule has 100 valence electrons. The Morgan fingerprint density at radius 1 is 1.44 bits per heavy atom. The minimum absolute atomic E-state index is 0.116. The van der Waals surface area contributed by atoms with Crippen molar-refractivity contribution in [3.63, 3.8) is 0 Å². The number of carboxylic acids is 1. The summed E-state index contributed by atoms with van der Waals surface area (Å²) < 4.78 is 5.21. The van der Waals surface area contributed by atoms with Gasteiger partial charge in [-0.2, -0.15) is 0 Å². The molecule has 0 amide bonds. The molecule has 0 spiro atoms. The maximum Gasteiger partial charge on any atom is 0.371 e. The van der Waals surface area contributed by atoms with Crippen molar-refractivity contribution < 1.29 is 19.4 Å². The van der Waals surface area contributed by atoms with E-state index in [1.807, 2.05) is 0 Å². The minimum atomic E-state index is -1.10. The van der Waals surface area contributed by atoms with Crippen molar-refractivity contribution in [1.29, 1.82) is 0 Å². The number of aromatic carboxylic acids is 1. The average Bonchev–Trinajstić information content (AvgIpc) is 2.83. The Kier molecular flexibility index (Phi) is 3.73. The van der Waals surface area contributed by atoms with Gasteiger partial charge in [0.2, 0.25) is 5.76 Å². The summed E-state index contributed by atoms with van der Waals surface area (Å²) in [6.45, 7) is 4.79. The number of likely N-dealkylation sites (tertiary alicyclic amines) is 1. The lowest BCUT2D eigenvalue weighted by molar-refractivity contribution is -0.0424. The number of rotatable bonds is 4. The van der Waals surface area contributed by atoms with E-state index in [0.717, 1.165) is 26.1 Å². The van der Waals surface area contributed by atoms with Crippen LogP contribution in [0.3, 0.4) is 0 Å². The zero-order valence-electron chi connectivity index (χ0n) is 10.6. The van der Waals surface area contributed by atoms with E-state index >= 15 is 0 Å². The van der Waals surface area contributed by atoms with Gasteiger partial charge in [0.05, 0.1) is 0 Å². The predicted molar refractivity (Wildman–Crippen MR) is 65.5 cm³/mol. The summed E-state index contributed by atoms with van der Waals surface area (Å²) in [7, 11) is 0. The first-order chi connectivity index (χ1) is 8.55. The van der Waals surface area contributed by atoms with Crippen molar-refractivity contribution in [2.24, 2.45) is 0 Å². The van der Waals surface area contributed by atoms with E-state index in [1.165, 1.54) is 6.07 Å². The van der Waals surface area contributed by atoms with Gasteiger partial charge < -0.3 is 19.5 Å². The number of carbonyl (C=O) groups is 1. The average molecular weight is 253 g/mol. The molecule has 1 aromatic heterocycles. The van der Waals surface area contributed by atoms with Crippen LogP contribution in [0.4, 0.5) is 0 Å². The number of hydrogen-bond acceptors (Lipinski definition) is 4. The standard InChI is InChI=1S/C13H19NO4/c1-2-7-14-8-5-13(17,6-9-14)11-4-3-10(18-11)12(15)16/h3-4,17H,2,5-9H2,1H3,(H,15,16). The Morgan fingerprint density at radius 2 is 2.11 bits per heavy atom. The molecular formula is C13H19NO4. The molecule has 2 heterocycles. The Hall–Kier alpha value is -1.33. The molecular weight excluding hydrogens is 234 g/mol. The fourth-order valence-electron chi connectivity index (χ4n) is 2.41. The molecule has 5 heteroatoms. The molecule has 2 rings (SSSR count). The summed E-state index contributed by atoms with van der Waals surface area (Å²) in [6.07, 6.45) is 2.27. The third-order valence-electron chi connectivity index (χ3n) is 3.50. The van der Waals surface area contributed by atoms with Crippen LogP contribution in [0, 0.1) is 0 Å². The summed E-state index contributed by atoms with van der Waals surface area (Å²) in [5.41, 5.74) is -1.02. The summed E-state index contributed by atoms with van der Waals surface area (Å²) in [6, 6.07) is 2.97. The van der Waals surface area contributed by atoms with E-state index in [0.29, 0.717) is 18.6 Å². The van der Waals surface area contributed by atoms with Gasteiger partial charge in [0.25, 0.3) is 0 Å². The van der Waals surface area contributed by atoms with Crippen LogP contribution in [-0.2, 0) is 5.60 Å². The van der Waals surface area contributed by atoms with Crippen molar-refractivity contribution in [2.75, 3.05) is 19.6 Å². The lowest BCUT2D eigenvalue weighted by atomic mass is 9.89. The highest BCUT2D eigenvalue weighted by Gasteiger charge is 2.36. The monoisotopic (exact) mass is 253 g/mol. The molecule has 1 saturated heterocycles. The lowest BCUT2D eigenvalue weighted by Gasteiger charge is -2.36. The van der Waals surface area contributed by atoms with E-state index < -0.39 is 11.6 Å². The molecule has 0 aromatic carbocycles. The van der Waals surface area contributed by atoms with Crippen molar-refractivity contribution in [3.8, 4) is 0 Å². The second-order valence-corrected chi connectivity index (χ2v) is 4.84. The molecule has 18 heavy (non-hydrogen) atoms. The van der Waals surface area contributed by atoms with Gasteiger partial charge in [0, 0.05) is 13.1 Å². The van der Waals surface area contributed by atoms with Crippen molar-refractivity contribution in [2.45, 2.75) is 31.8 Å². The molecule has 1 aliphatic rings. The van der Waals surface area contributed by atoms with E-state index in [2.05, 4.69) is 11.8 Å². The van der Waals surface area contributed by atoms with Gasteiger partial charge in [0.15, 0.2) is 0 Å². The summed E-state index contributed by atoms with van der Waals surface area (Å²) in [4.78, 5) is 13.1. The SMILES string of the molecule is CCCN1CCC(O)(c2ccc(C(=O)O)o2)CC1. The highest BCUT2D eigenvalue weighted by Crippen LogP contribution is 2.33. The van der Waals surface area contributed by atoms with Crippen molar-refractivity contribution in [3.05, 3.63) is 23.7 Å². The maximum atomic E-state index is 10.8. The first kappa shape index (κ1) is 13.1. The second kappa shape index (κ2) is 5.12. The predicted octanol–water partition coefficient (Wildman–Crippen LogP) is 1.67. The molecule has 1 aliphatic heterocycles. The summed E-state index contributed by atoms with van der Waals surface area (Å²) >= 11 is 0. The van der Waals surface area contributed by atoms with Crippen LogP contribution in [-0.4, -0.2) is 40.7 Å². The molecule has 2 N–H and O–H groups in total. The van der Waals surface area contributed by atoms with E-state index in [1.54, 1.807) is 6.07 Å². The third kappa shape index (κ3) is 2.57. The minimum Gasteiger partial charge on any atom is -0.475 e. The van der Waals surface area contributed by atoms with Gasteiger partial charge in [-0.25, -0.2) is 4.79 Å².